The van der Waals surface area contributed by atoms with E-state index in [1.165, 1.54) is 43.7 Å². The molecule has 1 aliphatic rings. The van der Waals surface area contributed by atoms with Gasteiger partial charge in [-0.2, -0.15) is 0 Å². The Morgan fingerprint density at radius 3 is 2.37 bits per heavy atom. The lowest BCUT2D eigenvalue weighted by atomic mass is 9.96. The second-order valence-electron chi connectivity index (χ2n) is 6.13. The van der Waals surface area contributed by atoms with Crippen molar-refractivity contribution in [3.05, 3.63) is 35.4 Å². The van der Waals surface area contributed by atoms with E-state index in [9.17, 15) is 0 Å². The monoisotopic (exact) mass is 260 g/mol. The van der Waals surface area contributed by atoms with Gasteiger partial charge in [0.15, 0.2) is 0 Å². The van der Waals surface area contributed by atoms with Crippen molar-refractivity contribution >= 4 is 0 Å². The van der Waals surface area contributed by atoms with E-state index in [2.05, 4.69) is 55.3 Å². The molecule has 0 saturated carbocycles. The molecule has 1 unspecified atom stereocenters. The van der Waals surface area contributed by atoms with Crippen LogP contribution in [0, 0.1) is 0 Å². The summed E-state index contributed by atoms with van der Waals surface area (Å²) < 4.78 is 0. The largest absolute Gasteiger partial charge is 0.315 e. The molecule has 0 bridgehead atoms. The third-order valence-electron chi connectivity index (χ3n) is 4.14. The Hall–Kier alpha value is -0.860. The van der Waals surface area contributed by atoms with Gasteiger partial charge in [-0.1, -0.05) is 45.0 Å². The average Bonchev–Trinajstić information content (AvgIpc) is 2.67. The first-order valence-corrected chi connectivity index (χ1v) is 7.69. The fourth-order valence-corrected chi connectivity index (χ4v) is 2.79. The van der Waals surface area contributed by atoms with E-state index in [1.54, 1.807) is 0 Å². The van der Waals surface area contributed by atoms with Crippen LogP contribution >= 0.6 is 0 Å². The predicted molar refractivity (Wildman–Crippen MR) is 82.9 cm³/mol. The summed E-state index contributed by atoms with van der Waals surface area (Å²) in [5.74, 6) is 1.25. The molecular weight excluding hydrogens is 232 g/mol. The molecule has 1 aromatic rings. The molecule has 19 heavy (non-hydrogen) atoms. The first kappa shape index (κ1) is 14.5. The molecule has 1 N–H and O–H groups in total. The van der Waals surface area contributed by atoms with Crippen molar-refractivity contribution in [2.45, 2.75) is 39.0 Å². The molecule has 1 heterocycles. The molecule has 1 atom stereocenters. The molecular formula is C17H28N2. The van der Waals surface area contributed by atoms with Gasteiger partial charge in [-0.25, -0.2) is 0 Å². The highest BCUT2D eigenvalue weighted by Crippen LogP contribution is 2.21. The lowest BCUT2D eigenvalue weighted by Crippen LogP contribution is -2.31. The van der Waals surface area contributed by atoms with Crippen LogP contribution in [0.25, 0.3) is 0 Å². The summed E-state index contributed by atoms with van der Waals surface area (Å²) in [4.78, 5) is 2.60. The zero-order chi connectivity index (χ0) is 13.7. The smallest absolute Gasteiger partial charge is 0.0107 e. The van der Waals surface area contributed by atoms with Gasteiger partial charge in [0, 0.05) is 19.6 Å². The fraction of sp³-hybridized carbons (Fsp3) is 0.647. The number of nitrogens with zero attached hydrogens (tertiary/aromatic N) is 1. The van der Waals surface area contributed by atoms with Crippen LogP contribution in [0.3, 0.4) is 0 Å². The Morgan fingerprint density at radius 1 is 1.00 bits per heavy atom. The second kappa shape index (κ2) is 7.06. The van der Waals surface area contributed by atoms with Crippen molar-refractivity contribution in [1.29, 1.82) is 0 Å². The number of hydrogen-bond acceptors (Lipinski definition) is 2. The average molecular weight is 260 g/mol. The summed E-state index contributed by atoms with van der Waals surface area (Å²) in [5.41, 5.74) is 2.91. The molecule has 2 nitrogen and oxygen atoms in total. The summed E-state index contributed by atoms with van der Waals surface area (Å²) in [7, 11) is 0. The minimum Gasteiger partial charge on any atom is -0.315 e. The van der Waals surface area contributed by atoms with E-state index in [0.717, 1.165) is 6.54 Å². The molecule has 1 saturated heterocycles. The van der Waals surface area contributed by atoms with Gasteiger partial charge in [-0.3, -0.25) is 0 Å². The van der Waals surface area contributed by atoms with Gasteiger partial charge in [0.25, 0.3) is 0 Å². The van der Waals surface area contributed by atoms with Gasteiger partial charge in [-0.15, -0.1) is 0 Å². The van der Waals surface area contributed by atoms with Crippen molar-refractivity contribution in [2.24, 2.45) is 0 Å². The minimum absolute atomic E-state index is 0.624. The molecule has 0 amide bonds. The number of benzene rings is 1. The van der Waals surface area contributed by atoms with E-state index in [-0.39, 0.29) is 0 Å². The summed E-state index contributed by atoms with van der Waals surface area (Å²) in [6.45, 7) is 12.8. The lowest BCUT2D eigenvalue weighted by Gasteiger charge is -2.24. The Labute approximate surface area is 118 Å². The van der Waals surface area contributed by atoms with E-state index < -0.39 is 0 Å². The molecule has 0 radical (unpaired) electrons. The molecule has 1 aliphatic heterocycles. The van der Waals surface area contributed by atoms with Gasteiger partial charge in [-0.05, 0) is 42.5 Å². The Kier molecular flexibility index (Phi) is 5.41. The maximum Gasteiger partial charge on any atom is 0.0107 e. The molecule has 1 fully saturated rings. The topological polar surface area (TPSA) is 15.3 Å². The zero-order valence-corrected chi connectivity index (χ0v) is 12.7. The van der Waals surface area contributed by atoms with Crippen LogP contribution in [0.1, 0.15) is 50.2 Å². The van der Waals surface area contributed by atoms with Crippen molar-refractivity contribution in [1.82, 2.24) is 10.2 Å². The minimum atomic E-state index is 0.624. The number of nitrogens with one attached hydrogen (secondary N) is 1. The van der Waals surface area contributed by atoms with E-state index in [4.69, 9.17) is 0 Å². The van der Waals surface area contributed by atoms with Gasteiger partial charge in [0.05, 0.1) is 0 Å². The quantitative estimate of drug-likeness (QED) is 0.894. The van der Waals surface area contributed by atoms with E-state index in [0.29, 0.717) is 11.8 Å². The maximum atomic E-state index is 3.47. The molecule has 106 valence electrons. The first-order chi connectivity index (χ1) is 9.16. The normalized spacial score (nSPS) is 19.4. The maximum absolute atomic E-state index is 3.47. The predicted octanol–water partition coefficient (Wildman–Crippen LogP) is 3.21. The van der Waals surface area contributed by atoms with Gasteiger partial charge in [0.1, 0.15) is 0 Å². The Morgan fingerprint density at radius 2 is 1.68 bits per heavy atom. The third kappa shape index (κ3) is 4.32. The number of hydrogen-bond donors (Lipinski definition) is 1. The second-order valence-corrected chi connectivity index (χ2v) is 6.13. The first-order valence-electron chi connectivity index (χ1n) is 7.69. The van der Waals surface area contributed by atoms with Crippen LogP contribution in [0.15, 0.2) is 24.3 Å². The summed E-state index contributed by atoms with van der Waals surface area (Å²) in [5, 5.41) is 3.47. The highest BCUT2D eigenvalue weighted by atomic mass is 15.1. The molecule has 1 aromatic carbocycles. The van der Waals surface area contributed by atoms with Crippen molar-refractivity contribution < 1.29 is 0 Å². The zero-order valence-electron chi connectivity index (χ0n) is 12.7. The van der Waals surface area contributed by atoms with Crippen LogP contribution in [-0.2, 0) is 0 Å². The van der Waals surface area contributed by atoms with Crippen LogP contribution in [0.4, 0.5) is 0 Å². The molecule has 0 aliphatic carbocycles. The standard InChI is InChI=1S/C17H28N2/c1-14(2)16-5-7-17(8-6-16)15(3)13-19-11-4-9-18-10-12-19/h5-8,14-15,18H,4,9-13H2,1-3H3. The molecule has 0 spiro atoms. The summed E-state index contributed by atoms with van der Waals surface area (Å²) >= 11 is 0. The Bertz CT molecular complexity index is 361. The Balaban J connectivity index is 1.92. The molecule has 2 rings (SSSR count). The number of rotatable bonds is 4. The van der Waals surface area contributed by atoms with Crippen molar-refractivity contribution in [2.75, 3.05) is 32.7 Å². The van der Waals surface area contributed by atoms with E-state index in [1.807, 2.05) is 0 Å². The molecule has 0 aromatic heterocycles. The third-order valence-corrected chi connectivity index (χ3v) is 4.14. The van der Waals surface area contributed by atoms with Crippen LogP contribution in [0.5, 0.6) is 0 Å². The lowest BCUT2D eigenvalue weighted by molar-refractivity contribution is 0.278. The van der Waals surface area contributed by atoms with Crippen LogP contribution in [0.2, 0.25) is 0 Å². The summed E-state index contributed by atoms with van der Waals surface area (Å²) in [6.07, 6.45) is 1.28. The fourth-order valence-electron chi connectivity index (χ4n) is 2.79. The highest BCUT2D eigenvalue weighted by Gasteiger charge is 2.13. The van der Waals surface area contributed by atoms with Crippen LogP contribution < -0.4 is 5.32 Å². The van der Waals surface area contributed by atoms with Gasteiger partial charge in [0.2, 0.25) is 0 Å². The molecule has 2 heteroatoms. The van der Waals surface area contributed by atoms with Crippen molar-refractivity contribution in [3.8, 4) is 0 Å². The van der Waals surface area contributed by atoms with Gasteiger partial charge < -0.3 is 10.2 Å². The highest BCUT2D eigenvalue weighted by molar-refractivity contribution is 5.27. The van der Waals surface area contributed by atoms with Gasteiger partial charge >= 0.3 is 0 Å². The van der Waals surface area contributed by atoms with Crippen LogP contribution in [-0.4, -0.2) is 37.6 Å². The van der Waals surface area contributed by atoms with Crippen molar-refractivity contribution in [3.63, 3.8) is 0 Å². The van der Waals surface area contributed by atoms with E-state index >= 15 is 0 Å². The SMILES string of the molecule is CC(C)c1ccc(C(C)CN2CCCNCC2)cc1. The summed E-state index contributed by atoms with van der Waals surface area (Å²) in [6, 6.07) is 9.22.